The van der Waals surface area contributed by atoms with E-state index in [-0.39, 0.29) is 5.41 Å². The Morgan fingerprint density at radius 3 is 2.47 bits per heavy atom. The Labute approximate surface area is 117 Å². The molecule has 1 fully saturated rings. The zero-order valence-electron chi connectivity index (χ0n) is 12.4. The minimum atomic E-state index is 0.148. The summed E-state index contributed by atoms with van der Waals surface area (Å²) < 4.78 is 0. The van der Waals surface area contributed by atoms with Gasteiger partial charge in [0.2, 0.25) is 0 Å². The molecule has 0 saturated heterocycles. The molecule has 2 heteroatoms. The Kier molecular flexibility index (Phi) is 5.00. The largest absolute Gasteiger partial charge is 0.396 e. The van der Waals surface area contributed by atoms with E-state index in [4.69, 9.17) is 0 Å². The average molecular weight is 261 g/mol. The van der Waals surface area contributed by atoms with Gasteiger partial charge in [-0.25, -0.2) is 0 Å². The molecule has 1 aliphatic rings. The van der Waals surface area contributed by atoms with Crippen LogP contribution in [0.4, 0.5) is 0 Å². The predicted octanol–water partition coefficient (Wildman–Crippen LogP) is 3.37. The second kappa shape index (κ2) is 6.53. The lowest BCUT2D eigenvalue weighted by Gasteiger charge is -2.38. The van der Waals surface area contributed by atoms with Gasteiger partial charge in [0, 0.05) is 25.1 Å². The van der Waals surface area contributed by atoms with Crippen molar-refractivity contribution < 1.29 is 5.11 Å². The molecule has 1 aliphatic carbocycles. The van der Waals surface area contributed by atoms with E-state index in [1.54, 1.807) is 0 Å². The fourth-order valence-electron chi connectivity index (χ4n) is 3.37. The van der Waals surface area contributed by atoms with E-state index in [9.17, 15) is 5.11 Å². The maximum absolute atomic E-state index is 9.78. The summed E-state index contributed by atoms with van der Waals surface area (Å²) >= 11 is 0. The quantitative estimate of drug-likeness (QED) is 0.878. The molecule has 19 heavy (non-hydrogen) atoms. The topological polar surface area (TPSA) is 23.5 Å². The summed E-state index contributed by atoms with van der Waals surface area (Å²) in [5.74, 6) is 0. The summed E-state index contributed by atoms with van der Waals surface area (Å²) in [4.78, 5) is 2.38. The summed E-state index contributed by atoms with van der Waals surface area (Å²) in [7, 11) is 2.18. The highest BCUT2D eigenvalue weighted by atomic mass is 16.3. The lowest BCUT2D eigenvalue weighted by atomic mass is 9.74. The first-order valence-electron chi connectivity index (χ1n) is 7.49. The lowest BCUT2D eigenvalue weighted by Crippen LogP contribution is -2.39. The van der Waals surface area contributed by atoms with Crippen molar-refractivity contribution in [2.24, 2.45) is 5.41 Å². The van der Waals surface area contributed by atoms with Crippen molar-refractivity contribution in [3.05, 3.63) is 35.4 Å². The van der Waals surface area contributed by atoms with E-state index in [2.05, 4.69) is 43.1 Å². The van der Waals surface area contributed by atoms with Crippen LogP contribution in [-0.2, 0) is 6.54 Å². The fourth-order valence-corrected chi connectivity index (χ4v) is 3.37. The number of hydrogen-bond acceptors (Lipinski definition) is 2. The van der Waals surface area contributed by atoms with Gasteiger partial charge in [0.15, 0.2) is 0 Å². The Hall–Kier alpha value is -0.860. The van der Waals surface area contributed by atoms with Crippen LogP contribution in [0.25, 0.3) is 0 Å². The van der Waals surface area contributed by atoms with Crippen molar-refractivity contribution >= 4 is 0 Å². The number of aliphatic hydroxyl groups excluding tert-OH is 1. The fraction of sp³-hybridized carbons (Fsp3) is 0.647. The van der Waals surface area contributed by atoms with Crippen molar-refractivity contribution in [1.29, 1.82) is 0 Å². The summed E-state index contributed by atoms with van der Waals surface area (Å²) in [6.45, 7) is 4.50. The summed E-state index contributed by atoms with van der Waals surface area (Å²) in [6.07, 6.45) is 6.25. The van der Waals surface area contributed by atoms with Gasteiger partial charge in [0.1, 0.15) is 0 Å². The van der Waals surface area contributed by atoms with Gasteiger partial charge in [-0.3, -0.25) is 0 Å². The number of aryl methyl sites for hydroxylation is 1. The minimum absolute atomic E-state index is 0.148. The van der Waals surface area contributed by atoms with Crippen molar-refractivity contribution in [3.8, 4) is 0 Å². The van der Waals surface area contributed by atoms with E-state index in [1.165, 1.54) is 43.2 Å². The first-order chi connectivity index (χ1) is 9.15. The molecule has 1 aromatic carbocycles. The van der Waals surface area contributed by atoms with E-state index >= 15 is 0 Å². The number of hydrogen-bond donors (Lipinski definition) is 1. The molecule has 1 aromatic rings. The van der Waals surface area contributed by atoms with Crippen molar-refractivity contribution in [1.82, 2.24) is 4.90 Å². The van der Waals surface area contributed by atoms with Crippen LogP contribution in [0.1, 0.15) is 43.2 Å². The van der Waals surface area contributed by atoms with Gasteiger partial charge in [0.05, 0.1) is 0 Å². The van der Waals surface area contributed by atoms with E-state index < -0.39 is 0 Å². The Morgan fingerprint density at radius 2 is 1.84 bits per heavy atom. The van der Waals surface area contributed by atoms with Crippen molar-refractivity contribution in [2.75, 3.05) is 20.2 Å². The van der Waals surface area contributed by atoms with Crippen LogP contribution in [0.15, 0.2) is 24.3 Å². The van der Waals surface area contributed by atoms with Crippen LogP contribution in [0.2, 0.25) is 0 Å². The molecule has 0 bridgehead atoms. The zero-order valence-corrected chi connectivity index (χ0v) is 12.4. The lowest BCUT2D eigenvalue weighted by molar-refractivity contribution is 0.0463. The Morgan fingerprint density at radius 1 is 1.16 bits per heavy atom. The van der Waals surface area contributed by atoms with Crippen LogP contribution < -0.4 is 0 Å². The molecule has 0 heterocycles. The summed E-state index contributed by atoms with van der Waals surface area (Å²) in [6, 6.07) is 8.58. The van der Waals surface area contributed by atoms with Gasteiger partial charge in [-0.2, -0.15) is 0 Å². The van der Waals surface area contributed by atoms with Crippen LogP contribution in [0, 0.1) is 12.3 Å². The molecule has 0 atom stereocenters. The third kappa shape index (κ3) is 3.80. The molecule has 0 amide bonds. The van der Waals surface area contributed by atoms with Gasteiger partial charge in [-0.05, 0) is 37.9 Å². The third-order valence-electron chi connectivity index (χ3n) is 4.56. The second-order valence-electron chi connectivity index (χ2n) is 6.32. The van der Waals surface area contributed by atoms with Gasteiger partial charge in [-0.1, -0.05) is 43.5 Å². The van der Waals surface area contributed by atoms with Crippen molar-refractivity contribution in [3.63, 3.8) is 0 Å². The van der Waals surface area contributed by atoms with Gasteiger partial charge in [-0.15, -0.1) is 0 Å². The highest BCUT2D eigenvalue weighted by molar-refractivity contribution is 5.25. The second-order valence-corrected chi connectivity index (χ2v) is 6.32. The molecule has 0 unspecified atom stereocenters. The average Bonchev–Trinajstić information content (AvgIpc) is 2.42. The molecule has 106 valence electrons. The molecule has 0 radical (unpaired) electrons. The van der Waals surface area contributed by atoms with E-state index in [0.29, 0.717) is 6.61 Å². The van der Waals surface area contributed by atoms with Crippen LogP contribution in [0.3, 0.4) is 0 Å². The molecular weight excluding hydrogens is 234 g/mol. The minimum Gasteiger partial charge on any atom is -0.396 e. The standard InChI is InChI=1S/C17H27NO/c1-15-8-4-5-9-16(15)12-18(2)13-17(14-19)10-6-3-7-11-17/h4-5,8-9,19H,3,6-7,10-14H2,1-2H3. The van der Waals surface area contributed by atoms with Gasteiger partial charge < -0.3 is 10.0 Å². The van der Waals surface area contributed by atoms with E-state index in [0.717, 1.165) is 13.1 Å². The van der Waals surface area contributed by atoms with Crippen LogP contribution in [0.5, 0.6) is 0 Å². The maximum atomic E-state index is 9.78. The molecule has 0 spiro atoms. The van der Waals surface area contributed by atoms with Gasteiger partial charge >= 0.3 is 0 Å². The Balaban J connectivity index is 1.96. The van der Waals surface area contributed by atoms with Gasteiger partial charge in [0.25, 0.3) is 0 Å². The smallest absolute Gasteiger partial charge is 0.0499 e. The highest BCUT2D eigenvalue weighted by Gasteiger charge is 2.32. The van der Waals surface area contributed by atoms with Crippen molar-refractivity contribution in [2.45, 2.75) is 45.6 Å². The predicted molar refractivity (Wildman–Crippen MR) is 80.1 cm³/mol. The SMILES string of the molecule is Cc1ccccc1CN(C)CC1(CO)CCCCC1. The molecule has 0 aliphatic heterocycles. The van der Waals surface area contributed by atoms with E-state index in [1.807, 2.05) is 0 Å². The summed E-state index contributed by atoms with van der Waals surface area (Å²) in [5, 5.41) is 9.78. The molecular formula is C17H27NO. The molecule has 0 aromatic heterocycles. The monoisotopic (exact) mass is 261 g/mol. The Bertz CT molecular complexity index is 396. The number of aliphatic hydroxyl groups is 1. The number of nitrogens with zero attached hydrogens (tertiary/aromatic N) is 1. The highest BCUT2D eigenvalue weighted by Crippen LogP contribution is 2.36. The first-order valence-corrected chi connectivity index (χ1v) is 7.49. The number of benzene rings is 1. The molecule has 1 N–H and O–H groups in total. The number of rotatable bonds is 5. The molecule has 1 saturated carbocycles. The maximum Gasteiger partial charge on any atom is 0.0499 e. The molecule has 2 rings (SSSR count). The molecule has 2 nitrogen and oxygen atoms in total. The first kappa shape index (κ1) is 14.5. The summed E-state index contributed by atoms with van der Waals surface area (Å²) in [5.41, 5.74) is 2.90. The van der Waals surface area contributed by atoms with Crippen LogP contribution in [-0.4, -0.2) is 30.2 Å². The normalized spacial score (nSPS) is 18.7. The zero-order chi connectivity index (χ0) is 13.7. The third-order valence-corrected chi connectivity index (χ3v) is 4.56. The van der Waals surface area contributed by atoms with Crippen LogP contribution >= 0.6 is 0 Å².